The Labute approximate surface area is 125 Å². The van der Waals surface area contributed by atoms with Crippen LogP contribution in [0.2, 0.25) is 0 Å². The Hall–Kier alpha value is -1.29. The summed E-state index contributed by atoms with van der Waals surface area (Å²) in [5, 5.41) is 0. The summed E-state index contributed by atoms with van der Waals surface area (Å²) in [6, 6.07) is 1.85. The van der Waals surface area contributed by atoms with Gasteiger partial charge < -0.3 is 9.47 Å². The predicted octanol–water partition coefficient (Wildman–Crippen LogP) is 2.78. The first kappa shape index (κ1) is 16.8. The number of alkyl halides is 1. The summed E-state index contributed by atoms with van der Waals surface area (Å²) in [6.45, 7) is 9.86. The number of nitrogens with zero attached hydrogens (tertiary/aromatic N) is 2. The normalized spacial score (nSPS) is 10.7. The Morgan fingerprint density at radius 1 is 1.25 bits per heavy atom. The van der Waals surface area contributed by atoms with Crippen molar-refractivity contribution in [2.75, 3.05) is 19.0 Å². The number of rotatable bonds is 7. The van der Waals surface area contributed by atoms with Crippen molar-refractivity contribution in [1.82, 2.24) is 9.47 Å². The highest BCUT2D eigenvalue weighted by molar-refractivity contribution is 6.30. The molecule has 0 saturated carbocycles. The highest BCUT2D eigenvalue weighted by Gasteiger charge is 2.16. The van der Waals surface area contributed by atoms with E-state index >= 15 is 0 Å². The minimum Gasteiger partial charge on any atom is -0.348 e. The zero-order valence-electron chi connectivity index (χ0n) is 12.7. The van der Waals surface area contributed by atoms with Gasteiger partial charge in [0.05, 0.1) is 5.88 Å². The summed E-state index contributed by atoms with van der Waals surface area (Å²) in [7, 11) is 0. The number of Topliss-reactive ketones (excluding diaryl/α,β-unsaturated/α-hetero) is 1. The molecule has 1 aromatic rings. The maximum Gasteiger partial charge on any atom is 0.224 e. The number of aromatic nitrogens is 1. The molecule has 0 atom stereocenters. The fraction of sp³-hybridized carbons (Fsp3) is 0.600. The minimum atomic E-state index is -0.0684. The number of amides is 1. The lowest BCUT2D eigenvalue weighted by molar-refractivity contribution is -0.131. The van der Waals surface area contributed by atoms with Gasteiger partial charge in [0, 0.05) is 43.0 Å². The van der Waals surface area contributed by atoms with E-state index in [4.69, 9.17) is 11.6 Å². The lowest BCUT2D eigenvalue weighted by atomic mass is 10.2. The van der Waals surface area contributed by atoms with E-state index in [2.05, 4.69) is 0 Å². The number of halogens is 1. The van der Waals surface area contributed by atoms with Crippen molar-refractivity contribution in [3.63, 3.8) is 0 Å². The zero-order valence-corrected chi connectivity index (χ0v) is 13.5. The molecule has 1 rings (SSSR count). The summed E-state index contributed by atoms with van der Waals surface area (Å²) in [5.41, 5.74) is 2.54. The molecule has 0 aromatic carbocycles. The van der Waals surface area contributed by atoms with Gasteiger partial charge >= 0.3 is 0 Å². The summed E-state index contributed by atoms with van der Waals surface area (Å²) in [6.07, 6.45) is 0.451. The predicted molar refractivity (Wildman–Crippen MR) is 81.5 cm³/mol. The summed E-state index contributed by atoms with van der Waals surface area (Å²) in [4.78, 5) is 25.6. The van der Waals surface area contributed by atoms with Gasteiger partial charge in [-0.25, -0.2) is 0 Å². The second kappa shape index (κ2) is 7.48. The van der Waals surface area contributed by atoms with Crippen LogP contribution < -0.4 is 0 Å². The number of carbonyl (C=O) groups excluding carboxylic acids is 2. The Morgan fingerprint density at radius 3 is 2.35 bits per heavy atom. The highest BCUT2D eigenvalue weighted by Crippen LogP contribution is 2.17. The van der Waals surface area contributed by atoms with Gasteiger partial charge in [0.1, 0.15) is 0 Å². The zero-order chi connectivity index (χ0) is 15.3. The number of hydrogen-bond donors (Lipinski definition) is 0. The monoisotopic (exact) mass is 298 g/mol. The van der Waals surface area contributed by atoms with Crippen molar-refractivity contribution in [2.45, 2.75) is 40.7 Å². The van der Waals surface area contributed by atoms with Crippen LogP contribution in [0.25, 0.3) is 0 Å². The second-order valence-electron chi connectivity index (χ2n) is 4.81. The molecule has 0 aliphatic heterocycles. The molecule has 5 heteroatoms. The first-order valence-electron chi connectivity index (χ1n) is 6.99. The molecule has 0 N–H and O–H groups in total. The van der Waals surface area contributed by atoms with Gasteiger partial charge in [-0.05, 0) is 33.8 Å². The topological polar surface area (TPSA) is 42.3 Å². The van der Waals surface area contributed by atoms with Crippen LogP contribution in [0.15, 0.2) is 6.07 Å². The number of hydrogen-bond acceptors (Lipinski definition) is 2. The fourth-order valence-electron chi connectivity index (χ4n) is 2.44. The maximum absolute atomic E-state index is 12.0. The Morgan fingerprint density at radius 2 is 1.85 bits per heavy atom. The van der Waals surface area contributed by atoms with E-state index in [1.54, 1.807) is 0 Å². The standard InChI is InChI=1S/C15H23ClN2O2/c1-5-17(6-2)15(20)7-8-18-11(3)9-13(12(18)4)14(19)10-16/h9H,5-8,10H2,1-4H3. The van der Waals surface area contributed by atoms with Crippen molar-refractivity contribution < 1.29 is 9.59 Å². The molecule has 1 heterocycles. The third-order valence-corrected chi connectivity index (χ3v) is 3.90. The quantitative estimate of drug-likeness (QED) is 0.574. The van der Waals surface area contributed by atoms with E-state index in [-0.39, 0.29) is 17.6 Å². The third kappa shape index (κ3) is 3.63. The van der Waals surface area contributed by atoms with E-state index < -0.39 is 0 Å². The van der Waals surface area contributed by atoms with E-state index in [9.17, 15) is 9.59 Å². The van der Waals surface area contributed by atoms with Crippen molar-refractivity contribution in [3.8, 4) is 0 Å². The first-order chi connectivity index (χ1) is 9.46. The van der Waals surface area contributed by atoms with E-state index in [0.717, 1.165) is 24.5 Å². The molecular formula is C15H23ClN2O2. The molecule has 0 aliphatic carbocycles. The molecule has 0 bridgehead atoms. The summed E-state index contributed by atoms with van der Waals surface area (Å²) in [5.74, 6) is 0.0664. The molecule has 0 radical (unpaired) electrons. The van der Waals surface area contributed by atoms with Crippen molar-refractivity contribution in [2.24, 2.45) is 0 Å². The molecule has 112 valence electrons. The van der Waals surface area contributed by atoms with Crippen LogP contribution in [-0.4, -0.2) is 40.1 Å². The van der Waals surface area contributed by atoms with Crippen LogP contribution in [0.3, 0.4) is 0 Å². The van der Waals surface area contributed by atoms with Crippen molar-refractivity contribution in [1.29, 1.82) is 0 Å². The molecule has 4 nitrogen and oxygen atoms in total. The van der Waals surface area contributed by atoms with Crippen LogP contribution in [0.1, 0.15) is 42.0 Å². The van der Waals surface area contributed by atoms with E-state index in [0.29, 0.717) is 18.5 Å². The molecule has 0 saturated heterocycles. The molecule has 1 amide bonds. The second-order valence-corrected chi connectivity index (χ2v) is 5.08. The Kier molecular flexibility index (Phi) is 6.27. The summed E-state index contributed by atoms with van der Waals surface area (Å²) >= 11 is 5.61. The molecule has 0 fully saturated rings. The van der Waals surface area contributed by atoms with Crippen LogP contribution in [0, 0.1) is 13.8 Å². The van der Waals surface area contributed by atoms with Crippen LogP contribution in [0.5, 0.6) is 0 Å². The van der Waals surface area contributed by atoms with Crippen LogP contribution in [0.4, 0.5) is 0 Å². The van der Waals surface area contributed by atoms with Gasteiger partial charge in [-0.2, -0.15) is 0 Å². The fourth-order valence-corrected chi connectivity index (χ4v) is 2.59. The average molecular weight is 299 g/mol. The maximum atomic E-state index is 12.0. The SMILES string of the molecule is CCN(CC)C(=O)CCn1c(C)cc(C(=O)CCl)c1C. The summed E-state index contributed by atoms with van der Waals surface area (Å²) < 4.78 is 2.02. The van der Waals surface area contributed by atoms with Gasteiger partial charge in [0.2, 0.25) is 5.91 Å². The lowest BCUT2D eigenvalue weighted by Crippen LogP contribution is -2.31. The van der Waals surface area contributed by atoms with Gasteiger partial charge in [0.25, 0.3) is 0 Å². The Balaban J connectivity index is 2.81. The molecule has 20 heavy (non-hydrogen) atoms. The molecule has 0 spiro atoms. The van der Waals surface area contributed by atoms with Crippen LogP contribution >= 0.6 is 11.6 Å². The highest BCUT2D eigenvalue weighted by atomic mass is 35.5. The Bertz CT molecular complexity index is 490. The lowest BCUT2D eigenvalue weighted by Gasteiger charge is -2.19. The number of ketones is 1. The first-order valence-corrected chi connectivity index (χ1v) is 7.53. The largest absolute Gasteiger partial charge is 0.348 e. The molecule has 0 aliphatic rings. The van der Waals surface area contributed by atoms with Gasteiger partial charge in [-0.3, -0.25) is 9.59 Å². The van der Waals surface area contributed by atoms with E-state index in [1.807, 2.05) is 43.2 Å². The van der Waals surface area contributed by atoms with Gasteiger partial charge in [-0.1, -0.05) is 0 Å². The molecule has 0 unspecified atom stereocenters. The van der Waals surface area contributed by atoms with Gasteiger partial charge in [-0.15, -0.1) is 11.6 Å². The molecular weight excluding hydrogens is 276 g/mol. The average Bonchev–Trinajstić information content (AvgIpc) is 2.72. The molecule has 1 aromatic heterocycles. The third-order valence-electron chi connectivity index (χ3n) is 3.66. The number of carbonyl (C=O) groups is 2. The van der Waals surface area contributed by atoms with E-state index in [1.165, 1.54) is 0 Å². The smallest absolute Gasteiger partial charge is 0.224 e. The number of aryl methyl sites for hydroxylation is 1. The minimum absolute atomic E-state index is 0.0112. The van der Waals surface area contributed by atoms with Crippen molar-refractivity contribution in [3.05, 3.63) is 23.0 Å². The van der Waals surface area contributed by atoms with Gasteiger partial charge in [0.15, 0.2) is 5.78 Å². The van der Waals surface area contributed by atoms with Crippen LogP contribution in [-0.2, 0) is 11.3 Å². The van der Waals surface area contributed by atoms with Crippen molar-refractivity contribution >= 4 is 23.3 Å².